The second kappa shape index (κ2) is 10.5. The molecule has 2 N–H and O–H groups in total. The molecule has 32 heavy (non-hydrogen) atoms. The number of benzene rings is 3. The van der Waals surface area contributed by atoms with Crippen LogP contribution in [0.15, 0.2) is 66.7 Å². The third kappa shape index (κ3) is 5.70. The molecular weight excluding hydrogens is 432 g/mol. The summed E-state index contributed by atoms with van der Waals surface area (Å²) in [6.45, 7) is 1.59. The predicted octanol–water partition coefficient (Wildman–Crippen LogP) is 4.91. The Balaban J connectivity index is 1.69. The average Bonchev–Trinajstić information content (AvgIpc) is 2.80. The molecule has 0 saturated heterocycles. The Kier molecular flexibility index (Phi) is 7.57. The number of amides is 2. The van der Waals surface area contributed by atoms with Crippen molar-refractivity contribution >= 4 is 29.1 Å². The highest BCUT2D eigenvalue weighted by Crippen LogP contribution is 2.34. The number of methoxy groups -OCH3 is 2. The Hall–Kier alpha value is -3.71. The topological polar surface area (TPSA) is 85.9 Å². The van der Waals surface area contributed by atoms with E-state index in [-0.39, 0.29) is 0 Å². The zero-order valence-corrected chi connectivity index (χ0v) is 18.6. The Labute approximate surface area is 191 Å². The molecule has 3 aromatic carbocycles. The van der Waals surface area contributed by atoms with Crippen LogP contribution in [0.25, 0.3) is 0 Å². The van der Waals surface area contributed by atoms with Crippen molar-refractivity contribution in [1.82, 2.24) is 5.32 Å². The zero-order chi connectivity index (χ0) is 23.1. The number of anilines is 1. The number of hydrogen-bond donors (Lipinski definition) is 2. The first-order valence-electron chi connectivity index (χ1n) is 9.77. The van der Waals surface area contributed by atoms with Gasteiger partial charge in [-0.25, -0.2) is 0 Å². The van der Waals surface area contributed by atoms with Gasteiger partial charge in [0.2, 0.25) is 5.91 Å². The minimum absolute atomic E-state index is 0.299. The second-order valence-electron chi connectivity index (χ2n) is 6.81. The summed E-state index contributed by atoms with van der Waals surface area (Å²) in [5.41, 5.74) is 0.784. The molecule has 1 atom stereocenters. The van der Waals surface area contributed by atoms with Crippen molar-refractivity contribution in [3.8, 4) is 23.0 Å². The maximum absolute atomic E-state index is 12.6. The van der Waals surface area contributed by atoms with Gasteiger partial charge in [-0.1, -0.05) is 23.7 Å². The first-order chi connectivity index (χ1) is 15.4. The van der Waals surface area contributed by atoms with E-state index < -0.39 is 17.9 Å². The van der Waals surface area contributed by atoms with E-state index in [4.69, 9.17) is 25.8 Å². The Bertz CT molecular complexity index is 1100. The fourth-order valence-electron chi connectivity index (χ4n) is 2.84. The molecule has 2 amide bonds. The quantitative estimate of drug-likeness (QED) is 0.505. The zero-order valence-electron chi connectivity index (χ0n) is 17.8. The molecule has 0 aliphatic heterocycles. The van der Waals surface area contributed by atoms with Crippen LogP contribution < -0.4 is 24.8 Å². The van der Waals surface area contributed by atoms with Crippen LogP contribution in [0.2, 0.25) is 5.02 Å². The van der Waals surface area contributed by atoms with Gasteiger partial charge in [0, 0.05) is 11.8 Å². The molecule has 7 nitrogen and oxygen atoms in total. The highest BCUT2D eigenvalue weighted by Gasteiger charge is 2.19. The summed E-state index contributed by atoms with van der Waals surface area (Å²) in [6.07, 6.45) is 0. The van der Waals surface area contributed by atoms with Crippen molar-refractivity contribution in [2.45, 2.75) is 13.0 Å². The molecule has 166 valence electrons. The molecule has 0 aromatic heterocycles. The van der Waals surface area contributed by atoms with Crippen LogP contribution in [-0.4, -0.2) is 32.1 Å². The second-order valence-corrected chi connectivity index (χ2v) is 7.21. The van der Waals surface area contributed by atoms with E-state index in [2.05, 4.69) is 10.6 Å². The summed E-state index contributed by atoms with van der Waals surface area (Å²) in [6, 6.07) is 17.9. The molecular formula is C24H23ClN2O5. The van der Waals surface area contributed by atoms with Crippen LogP contribution in [0.1, 0.15) is 17.3 Å². The summed E-state index contributed by atoms with van der Waals surface area (Å²) in [4.78, 5) is 25.0. The van der Waals surface area contributed by atoms with Crippen LogP contribution in [0.5, 0.6) is 23.0 Å². The van der Waals surface area contributed by atoms with Crippen molar-refractivity contribution in [3.63, 3.8) is 0 Å². The maximum atomic E-state index is 12.6. The van der Waals surface area contributed by atoms with E-state index in [1.807, 2.05) is 0 Å². The van der Waals surface area contributed by atoms with Crippen LogP contribution in [0.3, 0.4) is 0 Å². The van der Waals surface area contributed by atoms with Gasteiger partial charge in [-0.15, -0.1) is 0 Å². The van der Waals surface area contributed by atoms with Crippen molar-refractivity contribution in [1.29, 1.82) is 0 Å². The lowest BCUT2D eigenvalue weighted by Crippen LogP contribution is -2.41. The SMILES string of the molecule is COc1ccc(Oc2cc(NC(=O)C(C)NC(=O)c3ccccc3Cl)ccc2OC)cc1. The Morgan fingerprint density at radius 2 is 1.56 bits per heavy atom. The standard InChI is InChI=1S/C24H23ClN2O5/c1-15(26-24(29)19-6-4-5-7-20(19)25)23(28)27-16-8-13-21(31-3)22(14-16)32-18-11-9-17(30-2)10-12-18/h4-15H,1-3H3,(H,26,29)(H,27,28). The lowest BCUT2D eigenvalue weighted by atomic mass is 10.2. The van der Waals surface area contributed by atoms with Crippen LogP contribution >= 0.6 is 11.6 Å². The molecule has 3 rings (SSSR count). The number of hydrogen-bond acceptors (Lipinski definition) is 5. The fraction of sp³-hybridized carbons (Fsp3) is 0.167. The van der Waals surface area contributed by atoms with Crippen molar-refractivity contribution in [2.75, 3.05) is 19.5 Å². The molecule has 0 fully saturated rings. The first kappa shape index (κ1) is 23.0. The lowest BCUT2D eigenvalue weighted by molar-refractivity contribution is -0.117. The number of halogens is 1. The van der Waals surface area contributed by atoms with Gasteiger partial charge < -0.3 is 24.8 Å². The molecule has 8 heteroatoms. The van der Waals surface area contributed by atoms with Gasteiger partial charge in [0.25, 0.3) is 5.91 Å². The van der Waals surface area contributed by atoms with Crippen LogP contribution in [0.4, 0.5) is 5.69 Å². The van der Waals surface area contributed by atoms with E-state index in [1.165, 1.54) is 7.11 Å². The Morgan fingerprint density at radius 3 is 2.22 bits per heavy atom. The van der Waals surface area contributed by atoms with Crippen molar-refractivity contribution < 1.29 is 23.8 Å². The van der Waals surface area contributed by atoms with Gasteiger partial charge in [-0.2, -0.15) is 0 Å². The largest absolute Gasteiger partial charge is 0.497 e. The average molecular weight is 455 g/mol. The molecule has 0 spiro atoms. The summed E-state index contributed by atoms with van der Waals surface area (Å²) in [5, 5.41) is 5.72. The van der Waals surface area contributed by atoms with Gasteiger partial charge in [-0.05, 0) is 55.5 Å². The molecule has 3 aromatic rings. The highest BCUT2D eigenvalue weighted by atomic mass is 35.5. The molecule has 0 bridgehead atoms. The first-order valence-corrected chi connectivity index (χ1v) is 10.1. The molecule has 0 radical (unpaired) electrons. The smallest absolute Gasteiger partial charge is 0.253 e. The normalized spacial score (nSPS) is 11.2. The number of carbonyl (C=O) groups excluding carboxylic acids is 2. The fourth-order valence-corrected chi connectivity index (χ4v) is 3.06. The summed E-state index contributed by atoms with van der Waals surface area (Å²) in [7, 11) is 3.11. The summed E-state index contributed by atoms with van der Waals surface area (Å²) < 4.78 is 16.4. The van der Waals surface area contributed by atoms with E-state index in [9.17, 15) is 9.59 Å². The number of ether oxygens (including phenoxy) is 3. The minimum atomic E-state index is -0.799. The lowest BCUT2D eigenvalue weighted by Gasteiger charge is -2.16. The van der Waals surface area contributed by atoms with Crippen LogP contribution in [-0.2, 0) is 4.79 Å². The van der Waals surface area contributed by atoms with E-state index in [0.717, 1.165) is 0 Å². The minimum Gasteiger partial charge on any atom is -0.497 e. The predicted molar refractivity (Wildman–Crippen MR) is 123 cm³/mol. The third-order valence-electron chi connectivity index (χ3n) is 4.58. The number of nitrogens with one attached hydrogen (secondary N) is 2. The number of carbonyl (C=O) groups is 2. The third-order valence-corrected chi connectivity index (χ3v) is 4.91. The highest BCUT2D eigenvalue weighted by molar-refractivity contribution is 6.33. The monoisotopic (exact) mass is 454 g/mol. The summed E-state index contributed by atoms with van der Waals surface area (Å²) >= 11 is 6.05. The molecule has 1 unspecified atom stereocenters. The van der Waals surface area contributed by atoms with E-state index >= 15 is 0 Å². The molecule has 0 heterocycles. The molecule has 0 saturated carbocycles. The summed E-state index contributed by atoms with van der Waals surface area (Å²) in [5.74, 6) is 1.37. The van der Waals surface area contributed by atoms with Gasteiger partial charge >= 0.3 is 0 Å². The maximum Gasteiger partial charge on any atom is 0.253 e. The van der Waals surface area contributed by atoms with E-state index in [1.54, 1.807) is 80.8 Å². The van der Waals surface area contributed by atoms with E-state index in [0.29, 0.717) is 39.3 Å². The van der Waals surface area contributed by atoms with Crippen LogP contribution in [0, 0.1) is 0 Å². The Morgan fingerprint density at radius 1 is 0.875 bits per heavy atom. The molecule has 0 aliphatic carbocycles. The van der Waals surface area contributed by atoms with Gasteiger partial charge in [0.15, 0.2) is 11.5 Å². The van der Waals surface area contributed by atoms with Crippen molar-refractivity contribution in [2.24, 2.45) is 0 Å². The van der Waals surface area contributed by atoms with Gasteiger partial charge in [-0.3, -0.25) is 9.59 Å². The van der Waals surface area contributed by atoms with Gasteiger partial charge in [0.1, 0.15) is 17.5 Å². The number of rotatable bonds is 8. The van der Waals surface area contributed by atoms with Crippen molar-refractivity contribution in [3.05, 3.63) is 77.3 Å². The molecule has 0 aliphatic rings. The van der Waals surface area contributed by atoms with Gasteiger partial charge in [0.05, 0.1) is 24.8 Å².